The number of carbonyl (C=O) groups is 1. The molecule has 0 radical (unpaired) electrons. The lowest BCUT2D eigenvalue weighted by atomic mass is 10.2. The molecule has 1 aliphatic rings. The lowest BCUT2D eigenvalue weighted by Gasteiger charge is -2.26. The molecule has 0 unspecified atom stereocenters. The van der Waals surface area contributed by atoms with E-state index < -0.39 is 10.0 Å². The number of morpholine rings is 1. The number of ether oxygens (including phenoxy) is 1. The van der Waals surface area contributed by atoms with Gasteiger partial charge < -0.3 is 9.64 Å². The lowest BCUT2D eigenvalue weighted by molar-refractivity contribution is 0.0730. The molecule has 1 aliphatic heterocycles. The number of benzene rings is 1. The molecule has 2 heterocycles. The molecule has 0 spiro atoms. The van der Waals surface area contributed by atoms with E-state index >= 15 is 0 Å². The maximum absolute atomic E-state index is 12.8. The number of carbonyl (C=O) groups excluding carboxylic acids is 1. The Labute approximate surface area is 162 Å². The quantitative estimate of drug-likeness (QED) is 0.754. The minimum atomic E-state index is -3.63. The summed E-state index contributed by atoms with van der Waals surface area (Å²) < 4.78 is 32.8. The normalized spacial score (nSPS) is 15.8. The van der Waals surface area contributed by atoms with Crippen molar-refractivity contribution in [2.75, 3.05) is 33.4 Å². The molecule has 1 saturated heterocycles. The molecular weight excluding hydrogens is 396 g/mol. The molecule has 1 fully saturated rings. The minimum Gasteiger partial charge on any atom is -0.379 e. The van der Waals surface area contributed by atoms with Crippen molar-refractivity contribution in [3.63, 3.8) is 0 Å². The van der Waals surface area contributed by atoms with Crippen LogP contribution in [0.25, 0.3) is 0 Å². The molecule has 1 amide bonds. The number of nitrogens with zero attached hydrogens (tertiary/aromatic N) is 2. The lowest BCUT2D eigenvalue weighted by Crippen LogP contribution is -2.40. The standard InChI is InChI=1S/C17H19ClN2O4S2/c1-19(12-14-5-6-16(18)25-14)17(21)13-3-2-4-15(11-13)26(22,23)20-7-9-24-10-8-20/h2-6,11H,7-10,12H2,1H3. The topological polar surface area (TPSA) is 66.9 Å². The average Bonchev–Trinajstić information content (AvgIpc) is 3.06. The fourth-order valence-corrected chi connectivity index (χ4v) is 5.28. The molecule has 0 aliphatic carbocycles. The molecule has 0 N–H and O–H groups in total. The van der Waals surface area contributed by atoms with Gasteiger partial charge in [-0.25, -0.2) is 8.42 Å². The Bertz CT molecular complexity index is 892. The van der Waals surface area contributed by atoms with Crippen LogP contribution >= 0.6 is 22.9 Å². The third kappa shape index (κ3) is 4.27. The van der Waals surface area contributed by atoms with Crippen LogP contribution in [0.15, 0.2) is 41.3 Å². The number of sulfonamides is 1. The number of amides is 1. The van der Waals surface area contributed by atoms with Gasteiger partial charge in [-0.05, 0) is 30.3 Å². The predicted octanol–water partition coefficient (Wildman–Crippen LogP) is 2.69. The molecule has 2 aromatic rings. The predicted molar refractivity (Wildman–Crippen MR) is 101 cm³/mol. The summed E-state index contributed by atoms with van der Waals surface area (Å²) in [6.07, 6.45) is 0. The van der Waals surface area contributed by atoms with Gasteiger partial charge in [-0.3, -0.25) is 4.79 Å². The molecule has 26 heavy (non-hydrogen) atoms. The van der Waals surface area contributed by atoms with Crippen LogP contribution in [0.2, 0.25) is 4.34 Å². The van der Waals surface area contributed by atoms with Gasteiger partial charge in [0.15, 0.2) is 0 Å². The van der Waals surface area contributed by atoms with Crippen LogP contribution in [-0.2, 0) is 21.3 Å². The summed E-state index contributed by atoms with van der Waals surface area (Å²) in [5, 5.41) is 0. The third-order valence-electron chi connectivity index (χ3n) is 4.06. The zero-order valence-corrected chi connectivity index (χ0v) is 16.6. The van der Waals surface area contributed by atoms with Gasteiger partial charge in [0, 0.05) is 30.6 Å². The van der Waals surface area contributed by atoms with Crippen LogP contribution in [-0.4, -0.2) is 56.9 Å². The molecule has 3 rings (SSSR count). The third-order valence-corrected chi connectivity index (χ3v) is 7.17. The van der Waals surface area contributed by atoms with Crippen LogP contribution in [0.5, 0.6) is 0 Å². The van der Waals surface area contributed by atoms with Gasteiger partial charge in [0.25, 0.3) is 5.91 Å². The molecule has 9 heteroatoms. The second-order valence-electron chi connectivity index (χ2n) is 5.91. The monoisotopic (exact) mass is 414 g/mol. The van der Waals surface area contributed by atoms with Crippen molar-refractivity contribution < 1.29 is 17.9 Å². The first-order valence-electron chi connectivity index (χ1n) is 8.05. The largest absolute Gasteiger partial charge is 0.379 e. The maximum Gasteiger partial charge on any atom is 0.253 e. The summed E-state index contributed by atoms with van der Waals surface area (Å²) in [7, 11) is -1.95. The highest BCUT2D eigenvalue weighted by atomic mass is 35.5. The van der Waals surface area contributed by atoms with Crippen LogP contribution in [0.1, 0.15) is 15.2 Å². The highest BCUT2D eigenvalue weighted by molar-refractivity contribution is 7.89. The molecule has 1 aromatic carbocycles. The second kappa shape index (κ2) is 8.06. The summed E-state index contributed by atoms with van der Waals surface area (Å²) in [6, 6.07) is 9.83. The summed E-state index contributed by atoms with van der Waals surface area (Å²) in [5.41, 5.74) is 0.337. The molecule has 0 atom stereocenters. The molecule has 140 valence electrons. The second-order valence-corrected chi connectivity index (χ2v) is 9.65. The molecule has 0 bridgehead atoms. The summed E-state index contributed by atoms with van der Waals surface area (Å²) in [4.78, 5) is 15.3. The van der Waals surface area contributed by atoms with Crippen LogP contribution in [0.4, 0.5) is 0 Å². The number of hydrogen-bond donors (Lipinski definition) is 0. The molecule has 0 saturated carbocycles. The van der Waals surface area contributed by atoms with Crippen molar-refractivity contribution in [3.8, 4) is 0 Å². The zero-order chi connectivity index (χ0) is 18.7. The van der Waals surface area contributed by atoms with Gasteiger partial charge >= 0.3 is 0 Å². The zero-order valence-electron chi connectivity index (χ0n) is 14.2. The summed E-state index contributed by atoms with van der Waals surface area (Å²) in [6.45, 7) is 1.81. The van der Waals surface area contributed by atoms with E-state index in [9.17, 15) is 13.2 Å². The first-order valence-corrected chi connectivity index (χ1v) is 10.7. The maximum atomic E-state index is 12.8. The molecular formula is C17H19ClN2O4S2. The van der Waals surface area contributed by atoms with Crippen LogP contribution in [0.3, 0.4) is 0 Å². The molecule has 6 nitrogen and oxygen atoms in total. The number of halogens is 1. The van der Waals surface area contributed by atoms with Crippen LogP contribution < -0.4 is 0 Å². The number of hydrogen-bond acceptors (Lipinski definition) is 5. The first-order chi connectivity index (χ1) is 12.4. The van der Waals surface area contributed by atoms with Gasteiger partial charge in [0.1, 0.15) is 0 Å². The summed E-state index contributed by atoms with van der Waals surface area (Å²) >= 11 is 7.33. The van der Waals surface area contributed by atoms with E-state index in [1.807, 2.05) is 6.07 Å². The Morgan fingerprint density at radius 3 is 2.65 bits per heavy atom. The SMILES string of the molecule is CN(Cc1ccc(Cl)s1)C(=O)c1cccc(S(=O)(=O)N2CCOCC2)c1. The highest BCUT2D eigenvalue weighted by Crippen LogP contribution is 2.23. The smallest absolute Gasteiger partial charge is 0.253 e. The van der Waals surface area contributed by atoms with E-state index in [0.717, 1.165) is 4.88 Å². The van der Waals surface area contributed by atoms with E-state index in [-0.39, 0.29) is 10.8 Å². The van der Waals surface area contributed by atoms with Crippen molar-refractivity contribution in [2.24, 2.45) is 0 Å². The first kappa shape index (κ1) is 19.3. The fourth-order valence-electron chi connectivity index (χ4n) is 2.69. The Hall–Kier alpha value is -1.45. The van der Waals surface area contributed by atoms with Gasteiger partial charge in [0.05, 0.1) is 29.0 Å². The molecule has 1 aromatic heterocycles. The van der Waals surface area contributed by atoms with Crippen molar-refractivity contribution in [3.05, 3.63) is 51.2 Å². The van der Waals surface area contributed by atoms with E-state index in [1.165, 1.54) is 27.8 Å². The van der Waals surface area contributed by atoms with Crippen LogP contribution in [0, 0.1) is 0 Å². The van der Waals surface area contributed by atoms with E-state index in [1.54, 1.807) is 30.1 Å². The van der Waals surface area contributed by atoms with Crippen molar-refractivity contribution >= 4 is 38.9 Å². The van der Waals surface area contributed by atoms with Gasteiger partial charge in [0.2, 0.25) is 10.0 Å². The van der Waals surface area contributed by atoms with E-state index in [2.05, 4.69) is 0 Å². The number of rotatable bonds is 5. The average molecular weight is 415 g/mol. The Kier molecular flexibility index (Phi) is 5.99. The van der Waals surface area contributed by atoms with E-state index in [0.29, 0.717) is 42.7 Å². The Morgan fingerprint density at radius 1 is 1.27 bits per heavy atom. The van der Waals surface area contributed by atoms with Crippen molar-refractivity contribution in [1.29, 1.82) is 0 Å². The van der Waals surface area contributed by atoms with Crippen molar-refractivity contribution in [1.82, 2.24) is 9.21 Å². The summed E-state index contributed by atoms with van der Waals surface area (Å²) in [5.74, 6) is -0.242. The van der Waals surface area contributed by atoms with Gasteiger partial charge in [-0.2, -0.15) is 4.31 Å². The van der Waals surface area contributed by atoms with E-state index in [4.69, 9.17) is 16.3 Å². The van der Waals surface area contributed by atoms with Crippen molar-refractivity contribution in [2.45, 2.75) is 11.4 Å². The number of thiophene rings is 1. The highest BCUT2D eigenvalue weighted by Gasteiger charge is 2.27. The minimum absolute atomic E-state index is 0.123. The Morgan fingerprint density at radius 2 is 2.00 bits per heavy atom. The van der Waals surface area contributed by atoms with Gasteiger partial charge in [-0.1, -0.05) is 17.7 Å². The fraction of sp³-hybridized carbons (Fsp3) is 0.353. The Balaban J connectivity index is 1.78. The van der Waals surface area contributed by atoms with Gasteiger partial charge in [-0.15, -0.1) is 11.3 Å².